The summed E-state index contributed by atoms with van der Waals surface area (Å²) in [6, 6.07) is 13.0. The van der Waals surface area contributed by atoms with Gasteiger partial charge in [-0.2, -0.15) is 0 Å². The van der Waals surface area contributed by atoms with Crippen molar-refractivity contribution in [3.05, 3.63) is 35.9 Å². The van der Waals surface area contributed by atoms with Crippen LogP contribution in [0.3, 0.4) is 0 Å². The van der Waals surface area contributed by atoms with Gasteiger partial charge in [0.05, 0.1) is 0 Å². The van der Waals surface area contributed by atoms with Gasteiger partial charge in [-0.3, -0.25) is 9.80 Å². The van der Waals surface area contributed by atoms with Crippen molar-refractivity contribution in [2.45, 2.75) is 63.8 Å². The maximum Gasteiger partial charge on any atom is 0.0264 e. The predicted octanol–water partition coefficient (Wildman–Crippen LogP) is 2.46. The molecule has 1 aromatic rings. The second kappa shape index (κ2) is 6.47. The molecule has 2 aliphatic rings. The Bertz CT molecular complexity index is 447. The summed E-state index contributed by atoms with van der Waals surface area (Å²) in [7, 11) is 0. The molecule has 1 aromatic carbocycles. The lowest BCUT2D eigenvalue weighted by molar-refractivity contribution is 0.0696. The first kappa shape index (κ1) is 15.0. The van der Waals surface area contributed by atoms with Gasteiger partial charge in [0.1, 0.15) is 0 Å². The van der Waals surface area contributed by atoms with Crippen LogP contribution in [0.2, 0.25) is 0 Å². The molecule has 0 amide bonds. The average Bonchev–Trinajstić information content (AvgIpc) is 2.84. The molecule has 3 rings (SSSR count). The van der Waals surface area contributed by atoms with Crippen molar-refractivity contribution in [3.8, 4) is 0 Å². The highest BCUT2D eigenvalue weighted by molar-refractivity contribution is 5.15. The lowest BCUT2D eigenvalue weighted by Crippen LogP contribution is -2.56. The number of piperidine rings is 1. The first-order chi connectivity index (χ1) is 10.2. The van der Waals surface area contributed by atoms with E-state index in [9.17, 15) is 0 Å². The second-order valence-electron chi connectivity index (χ2n) is 6.84. The van der Waals surface area contributed by atoms with Crippen molar-refractivity contribution in [2.24, 2.45) is 5.73 Å². The van der Waals surface area contributed by atoms with Gasteiger partial charge in [0.25, 0.3) is 0 Å². The molecule has 0 spiro atoms. The molecule has 0 bridgehead atoms. The smallest absolute Gasteiger partial charge is 0.0264 e. The molecule has 2 fully saturated rings. The molecule has 2 aliphatic heterocycles. The normalized spacial score (nSPS) is 35.2. The van der Waals surface area contributed by atoms with E-state index < -0.39 is 0 Å². The van der Waals surface area contributed by atoms with Crippen molar-refractivity contribution in [3.63, 3.8) is 0 Å². The quantitative estimate of drug-likeness (QED) is 0.927. The van der Waals surface area contributed by atoms with Crippen molar-refractivity contribution in [2.75, 3.05) is 13.1 Å². The molecule has 3 nitrogen and oxygen atoms in total. The van der Waals surface area contributed by atoms with Gasteiger partial charge in [-0.05, 0) is 45.2 Å². The van der Waals surface area contributed by atoms with E-state index in [-0.39, 0.29) is 0 Å². The van der Waals surface area contributed by atoms with E-state index in [1.807, 2.05) is 0 Å². The van der Waals surface area contributed by atoms with Crippen molar-refractivity contribution >= 4 is 0 Å². The molecular weight excluding hydrogens is 258 g/mol. The monoisotopic (exact) mass is 287 g/mol. The minimum atomic E-state index is 0.356. The van der Waals surface area contributed by atoms with Crippen LogP contribution in [0.15, 0.2) is 30.3 Å². The number of benzene rings is 1. The highest BCUT2D eigenvalue weighted by Crippen LogP contribution is 2.29. The standard InChI is InChI=1S/C18H29N3/c1-14-17(19)9-6-11-21(14)18-10-12-20(15(18)2)13-16-7-4-3-5-8-16/h3-5,7-8,14-15,17-18H,6,9-13,19H2,1-2H3. The number of nitrogens with zero attached hydrogens (tertiary/aromatic N) is 2. The Balaban J connectivity index is 1.64. The molecule has 4 atom stereocenters. The van der Waals surface area contributed by atoms with Gasteiger partial charge in [-0.25, -0.2) is 0 Å². The summed E-state index contributed by atoms with van der Waals surface area (Å²) in [4.78, 5) is 5.32. The van der Waals surface area contributed by atoms with E-state index in [2.05, 4.69) is 54.0 Å². The Kier molecular flexibility index (Phi) is 4.63. The van der Waals surface area contributed by atoms with Gasteiger partial charge in [0, 0.05) is 37.3 Å². The van der Waals surface area contributed by atoms with Crippen LogP contribution in [-0.2, 0) is 6.54 Å². The van der Waals surface area contributed by atoms with Crippen LogP contribution in [0.1, 0.15) is 38.7 Å². The highest BCUT2D eigenvalue weighted by Gasteiger charge is 2.38. The molecule has 2 saturated heterocycles. The summed E-state index contributed by atoms with van der Waals surface area (Å²) in [6.45, 7) is 8.22. The molecule has 21 heavy (non-hydrogen) atoms. The van der Waals surface area contributed by atoms with Crippen LogP contribution in [0.25, 0.3) is 0 Å². The molecule has 0 aromatic heterocycles. The zero-order valence-corrected chi connectivity index (χ0v) is 13.4. The summed E-state index contributed by atoms with van der Waals surface area (Å²) in [5.41, 5.74) is 7.71. The number of nitrogens with two attached hydrogens (primary N) is 1. The maximum absolute atomic E-state index is 6.28. The first-order valence-electron chi connectivity index (χ1n) is 8.46. The van der Waals surface area contributed by atoms with Gasteiger partial charge < -0.3 is 5.73 Å². The number of likely N-dealkylation sites (tertiary alicyclic amines) is 2. The number of hydrogen-bond donors (Lipinski definition) is 1. The van der Waals surface area contributed by atoms with Crippen LogP contribution in [-0.4, -0.2) is 47.1 Å². The third kappa shape index (κ3) is 3.15. The van der Waals surface area contributed by atoms with E-state index in [1.165, 1.54) is 37.9 Å². The van der Waals surface area contributed by atoms with Gasteiger partial charge in [0.15, 0.2) is 0 Å². The topological polar surface area (TPSA) is 32.5 Å². The Labute approximate surface area is 129 Å². The largest absolute Gasteiger partial charge is 0.326 e. The first-order valence-corrected chi connectivity index (χ1v) is 8.46. The average molecular weight is 287 g/mol. The molecule has 4 unspecified atom stereocenters. The fraction of sp³-hybridized carbons (Fsp3) is 0.667. The molecule has 116 valence electrons. The van der Waals surface area contributed by atoms with Crippen LogP contribution >= 0.6 is 0 Å². The number of hydrogen-bond acceptors (Lipinski definition) is 3. The van der Waals surface area contributed by atoms with Gasteiger partial charge >= 0.3 is 0 Å². The van der Waals surface area contributed by atoms with Crippen LogP contribution in [0.4, 0.5) is 0 Å². The molecule has 0 saturated carbocycles. The highest BCUT2D eigenvalue weighted by atomic mass is 15.3. The van der Waals surface area contributed by atoms with Crippen molar-refractivity contribution in [1.82, 2.24) is 9.80 Å². The zero-order chi connectivity index (χ0) is 14.8. The Morgan fingerprint density at radius 2 is 1.81 bits per heavy atom. The minimum absolute atomic E-state index is 0.356. The molecule has 0 radical (unpaired) electrons. The minimum Gasteiger partial charge on any atom is -0.326 e. The SMILES string of the molecule is CC1C(N2CCCC(N)C2C)CCN1Cc1ccccc1. The zero-order valence-electron chi connectivity index (χ0n) is 13.4. The summed E-state index contributed by atoms with van der Waals surface area (Å²) >= 11 is 0. The van der Waals surface area contributed by atoms with E-state index >= 15 is 0 Å². The van der Waals surface area contributed by atoms with E-state index in [1.54, 1.807) is 0 Å². The third-order valence-electron chi connectivity index (χ3n) is 5.60. The van der Waals surface area contributed by atoms with E-state index in [0.29, 0.717) is 24.2 Å². The van der Waals surface area contributed by atoms with Crippen molar-refractivity contribution < 1.29 is 0 Å². The fourth-order valence-electron chi connectivity index (χ4n) is 4.14. The lowest BCUT2D eigenvalue weighted by Gasteiger charge is -2.43. The lowest BCUT2D eigenvalue weighted by atomic mass is 9.94. The van der Waals surface area contributed by atoms with E-state index in [0.717, 1.165) is 6.54 Å². The van der Waals surface area contributed by atoms with Crippen LogP contribution in [0, 0.1) is 0 Å². The molecular formula is C18H29N3. The Hall–Kier alpha value is -0.900. The summed E-state index contributed by atoms with van der Waals surface area (Å²) in [5, 5.41) is 0. The van der Waals surface area contributed by atoms with Gasteiger partial charge in [-0.1, -0.05) is 30.3 Å². The summed E-state index contributed by atoms with van der Waals surface area (Å²) in [5.74, 6) is 0. The molecule has 3 heteroatoms. The third-order valence-corrected chi connectivity index (χ3v) is 5.60. The fourth-order valence-corrected chi connectivity index (χ4v) is 4.14. The van der Waals surface area contributed by atoms with Crippen LogP contribution in [0.5, 0.6) is 0 Å². The molecule has 2 heterocycles. The van der Waals surface area contributed by atoms with Gasteiger partial charge in [-0.15, -0.1) is 0 Å². The molecule has 2 N–H and O–H groups in total. The molecule has 0 aliphatic carbocycles. The Morgan fingerprint density at radius 3 is 2.57 bits per heavy atom. The number of rotatable bonds is 3. The predicted molar refractivity (Wildman–Crippen MR) is 88.1 cm³/mol. The summed E-state index contributed by atoms with van der Waals surface area (Å²) < 4.78 is 0. The second-order valence-corrected chi connectivity index (χ2v) is 6.84. The summed E-state index contributed by atoms with van der Waals surface area (Å²) in [6.07, 6.45) is 3.73. The van der Waals surface area contributed by atoms with Crippen LogP contribution < -0.4 is 5.73 Å². The van der Waals surface area contributed by atoms with E-state index in [4.69, 9.17) is 5.73 Å². The Morgan fingerprint density at radius 1 is 1.05 bits per heavy atom. The van der Waals surface area contributed by atoms with Gasteiger partial charge in [0.2, 0.25) is 0 Å². The maximum atomic E-state index is 6.28. The van der Waals surface area contributed by atoms with Crippen molar-refractivity contribution in [1.29, 1.82) is 0 Å².